The van der Waals surface area contributed by atoms with E-state index in [4.69, 9.17) is 10.5 Å². The summed E-state index contributed by atoms with van der Waals surface area (Å²) in [6, 6.07) is 4.12. The second-order valence-electron chi connectivity index (χ2n) is 5.26. The second-order valence-corrected chi connectivity index (χ2v) is 5.26. The molecule has 0 spiro atoms. The van der Waals surface area contributed by atoms with Gasteiger partial charge in [0.1, 0.15) is 5.75 Å². The molecule has 1 unspecified atom stereocenters. The Morgan fingerprint density at radius 2 is 1.71 bits per heavy atom. The molecule has 0 saturated heterocycles. The Kier molecular flexibility index (Phi) is 6.52. The van der Waals surface area contributed by atoms with Gasteiger partial charge in [-0.25, -0.2) is 0 Å². The van der Waals surface area contributed by atoms with Crippen molar-refractivity contribution >= 4 is 0 Å². The zero-order chi connectivity index (χ0) is 16.0. The van der Waals surface area contributed by atoms with Crippen LogP contribution in [-0.4, -0.2) is 12.1 Å². The molecule has 0 radical (unpaired) electrons. The molecule has 0 saturated carbocycles. The Labute approximate surface area is 124 Å². The van der Waals surface area contributed by atoms with Crippen LogP contribution in [0, 0.1) is 0 Å². The number of halogens is 3. The van der Waals surface area contributed by atoms with E-state index in [9.17, 15) is 13.2 Å². The first-order valence-electron chi connectivity index (χ1n) is 7.44. The molecule has 1 aromatic rings. The number of nitrogens with two attached hydrogens (primary N) is 1. The van der Waals surface area contributed by atoms with Crippen molar-refractivity contribution in [3.8, 4) is 5.75 Å². The maximum absolute atomic E-state index is 13.2. The summed E-state index contributed by atoms with van der Waals surface area (Å²) in [4.78, 5) is 0. The minimum absolute atomic E-state index is 0.0926. The first kappa shape index (κ1) is 17.8. The molecule has 0 fully saturated rings. The highest BCUT2D eigenvalue weighted by molar-refractivity contribution is 5.39. The second kappa shape index (κ2) is 7.69. The van der Waals surface area contributed by atoms with Gasteiger partial charge in [0.25, 0.3) is 0 Å². The number of ether oxygens (including phenoxy) is 1. The molecule has 21 heavy (non-hydrogen) atoms. The maximum Gasteiger partial charge on any atom is 0.419 e. The lowest BCUT2D eigenvalue weighted by Gasteiger charge is -2.20. The predicted octanol–water partition coefficient (Wildman–Crippen LogP) is 4.55. The topological polar surface area (TPSA) is 35.2 Å². The lowest BCUT2D eigenvalue weighted by molar-refractivity contribution is -0.139. The zero-order valence-electron chi connectivity index (χ0n) is 12.8. The molecule has 0 aromatic heterocycles. The van der Waals surface area contributed by atoms with Crippen LogP contribution < -0.4 is 10.5 Å². The number of alkyl halides is 3. The van der Waals surface area contributed by atoms with Gasteiger partial charge in [0, 0.05) is 6.04 Å². The fourth-order valence-corrected chi connectivity index (χ4v) is 2.11. The van der Waals surface area contributed by atoms with Crippen molar-refractivity contribution in [3.63, 3.8) is 0 Å². The summed E-state index contributed by atoms with van der Waals surface area (Å²) in [5.74, 6) is -0.0926. The van der Waals surface area contributed by atoms with Crippen LogP contribution in [0.5, 0.6) is 5.75 Å². The third-order valence-corrected chi connectivity index (χ3v) is 3.58. The van der Waals surface area contributed by atoms with E-state index < -0.39 is 11.7 Å². The van der Waals surface area contributed by atoms with Crippen LogP contribution in [-0.2, 0) is 12.6 Å². The van der Waals surface area contributed by atoms with Crippen molar-refractivity contribution < 1.29 is 17.9 Å². The van der Waals surface area contributed by atoms with Crippen LogP contribution >= 0.6 is 0 Å². The quantitative estimate of drug-likeness (QED) is 0.802. The molecule has 1 rings (SSSR count). The van der Waals surface area contributed by atoms with E-state index in [2.05, 4.69) is 0 Å². The average molecular weight is 303 g/mol. The van der Waals surface area contributed by atoms with Gasteiger partial charge < -0.3 is 10.5 Å². The SMILES string of the molecule is CCC(N)Cc1ccc(OC(CC)CC)c(C(F)(F)F)c1. The van der Waals surface area contributed by atoms with E-state index >= 15 is 0 Å². The van der Waals surface area contributed by atoms with Gasteiger partial charge in [0.05, 0.1) is 11.7 Å². The number of hydrogen-bond donors (Lipinski definition) is 1. The third-order valence-electron chi connectivity index (χ3n) is 3.58. The normalized spacial score (nSPS) is 13.5. The summed E-state index contributed by atoms with van der Waals surface area (Å²) in [5.41, 5.74) is 5.69. The van der Waals surface area contributed by atoms with Crippen LogP contribution in [0.3, 0.4) is 0 Å². The van der Waals surface area contributed by atoms with Crippen molar-refractivity contribution in [2.24, 2.45) is 5.73 Å². The van der Waals surface area contributed by atoms with Gasteiger partial charge in [-0.3, -0.25) is 0 Å². The fraction of sp³-hybridized carbons (Fsp3) is 0.625. The van der Waals surface area contributed by atoms with Gasteiger partial charge in [-0.2, -0.15) is 13.2 Å². The van der Waals surface area contributed by atoms with Crippen molar-refractivity contribution in [2.45, 2.75) is 64.8 Å². The average Bonchev–Trinajstić information content (AvgIpc) is 2.44. The standard InChI is InChI=1S/C16H24F3NO/c1-4-12(20)9-11-7-8-15(21-13(5-2)6-3)14(10-11)16(17,18)19/h7-8,10,12-13H,4-6,9,20H2,1-3H3. The monoisotopic (exact) mass is 303 g/mol. The van der Waals surface area contributed by atoms with Crippen molar-refractivity contribution in [2.75, 3.05) is 0 Å². The molecule has 1 aromatic carbocycles. The Hall–Kier alpha value is -1.23. The summed E-state index contributed by atoms with van der Waals surface area (Å²) < 4.78 is 45.1. The van der Waals surface area contributed by atoms with Gasteiger partial charge in [-0.15, -0.1) is 0 Å². The molecule has 1 atom stereocenters. The van der Waals surface area contributed by atoms with Crippen LogP contribution in [0.4, 0.5) is 13.2 Å². The smallest absolute Gasteiger partial charge is 0.419 e. The Morgan fingerprint density at radius 3 is 2.19 bits per heavy atom. The summed E-state index contributed by atoms with van der Waals surface area (Å²) in [5, 5.41) is 0. The molecule has 2 N–H and O–H groups in total. The van der Waals surface area contributed by atoms with Gasteiger partial charge in [-0.05, 0) is 43.4 Å². The highest BCUT2D eigenvalue weighted by Crippen LogP contribution is 2.37. The van der Waals surface area contributed by atoms with Gasteiger partial charge in [0.15, 0.2) is 0 Å². The van der Waals surface area contributed by atoms with Crippen molar-refractivity contribution in [1.82, 2.24) is 0 Å². The van der Waals surface area contributed by atoms with Gasteiger partial charge >= 0.3 is 6.18 Å². The van der Waals surface area contributed by atoms with Gasteiger partial charge in [0.2, 0.25) is 0 Å². The minimum Gasteiger partial charge on any atom is -0.490 e. The molecule has 2 nitrogen and oxygen atoms in total. The molecule has 5 heteroatoms. The molecular formula is C16H24F3NO. The fourth-order valence-electron chi connectivity index (χ4n) is 2.11. The highest BCUT2D eigenvalue weighted by Gasteiger charge is 2.35. The molecule has 0 amide bonds. The molecule has 120 valence electrons. The van der Waals surface area contributed by atoms with E-state index in [0.29, 0.717) is 24.8 Å². The van der Waals surface area contributed by atoms with Crippen LogP contribution in [0.15, 0.2) is 18.2 Å². The largest absolute Gasteiger partial charge is 0.490 e. The number of benzene rings is 1. The van der Waals surface area contributed by atoms with Crippen molar-refractivity contribution in [1.29, 1.82) is 0 Å². The first-order chi connectivity index (χ1) is 9.81. The van der Waals surface area contributed by atoms with E-state index in [1.807, 2.05) is 20.8 Å². The summed E-state index contributed by atoms with van der Waals surface area (Å²) in [6.07, 6.45) is -2.10. The molecule has 0 bridgehead atoms. The van der Waals surface area contributed by atoms with E-state index in [-0.39, 0.29) is 17.9 Å². The summed E-state index contributed by atoms with van der Waals surface area (Å²) in [7, 11) is 0. The minimum atomic E-state index is -4.42. The first-order valence-corrected chi connectivity index (χ1v) is 7.44. The Bertz CT molecular complexity index is 442. The number of hydrogen-bond acceptors (Lipinski definition) is 2. The van der Waals surface area contributed by atoms with E-state index in [1.165, 1.54) is 6.07 Å². The predicted molar refractivity (Wildman–Crippen MR) is 78.4 cm³/mol. The molecule has 0 aliphatic rings. The lowest BCUT2D eigenvalue weighted by atomic mass is 10.0. The zero-order valence-corrected chi connectivity index (χ0v) is 12.8. The third kappa shape index (κ3) is 5.23. The molecule has 0 heterocycles. The molecule has 0 aliphatic carbocycles. The van der Waals surface area contributed by atoms with Crippen LogP contribution in [0.2, 0.25) is 0 Å². The Morgan fingerprint density at radius 1 is 1.10 bits per heavy atom. The van der Waals surface area contributed by atoms with Crippen molar-refractivity contribution in [3.05, 3.63) is 29.3 Å². The maximum atomic E-state index is 13.2. The lowest BCUT2D eigenvalue weighted by Crippen LogP contribution is -2.22. The Balaban J connectivity index is 3.08. The van der Waals surface area contributed by atoms with Crippen LogP contribution in [0.25, 0.3) is 0 Å². The highest BCUT2D eigenvalue weighted by atomic mass is 19.4. The summed E-state index contributed by atoms with van der Waals surface area (Å²) >= 11 is 0. The van der Waals surface area contributed by atoms with Crippen LogP contribution in [0.1, 0.15) is 51.2 Å². The molecule has 0 aliphatic heterocycles. The molecular weight excluding hydrogens is 279 g/mol. The summed E-state index contributed by atoms with van der Waals surface area (Å²) in [6.45, 7) is 5.71. The van der Waals surface area contributed by atoms with E-state index in [1.54, 1.807) is 6.07 Å². The number of rotatable bonds is 7. The van der Waals surface area contributed by atoms with E-state index in [0.717, 1.165) is 12.5 Å². The van der Waals surface area contributed by atoms with Gasteiger partial charge in [-0.1, -0.05) is 26.8 Å².